The Labute approximate surface area is 105 Å². The lowest BCUT2D eigenvalue weighted by atomic mass is 10.0. The van der Waals surface area contributed by atoms with Crippen LogP contribution in [-0.4, -0.2) is 18.8 Å². The van der Waals surface area contributed by atoms with Gasteiger partial charge in [0, 0.05) is 22.3 Å². The zero-order chi connectivity index (χ0) is 10.7. The van der Waals surface area contributed by atoms with Crippen molar-refractivity contribution in [3.8, 4) is 0 Å². The van der Waals surface area contributed by atoms with E-state index in [0.717, 1.165) is 26.2 Å². The number of halogens is 1. The fraction of sp³-hybridized carbons (Fsp3) is 0.500. The van der Waals surface area contributed by atoms with E-state index in [1.165, 1.54) is 9.13 Å². The molecule has 1 atom stereocenters. The minimum Gasteiger partial charge on any atom is -0.379 e. The number of hydrogen-bond acceptors (Lipinski definition) is 2. The van der Waals surface area contributed by atoms with Gasteiger partial charge in [0.1, 0.15) is 0 Å². The molecule has 1 fully saturated rings. The minimum absolute atomic E-state index is 0.170. The van der Waals surface area contributed by atoms with E-state index in [9.17, 15) is 0 Å². The van der Waals surface area contributed by atoms with E-state index in [1.54, 1.807) is 0 Å². The van der Waals surface area contributed by atoms with Crippen molar-refractivity contribution in [3.63, 3.8) is 0 Å². The van der Waals surface area contributed by atoms with Crippen LogP contribution in [0.15, 0.2) is 24.3 Å². The molecular weight excluding hydrogens is 301 g/mol. The summed E-state index contributed by atoms with van der Waals surface area (Å²) in [5.74, 6) is 0. The van der Waals surface area contributed by atoms with Crippen molar-refractivity contribution in [1.82, 2.24) is 5.32 Å². The lowest BCUT2D eigenvalue weighted by Crippen LogP contribution is -2.42. The Kier molecular flexibility index (Phi) is 3.64. The smallest absolute Gasteiger partial charge is 0.0646 e. The summed E-state index contributed by atoms with van der Waals surface area (Å²) >= 11 is 2.33. The second-order valence-corrected chi connectivity index (χ2v) is 5.59. The molecule has 1 aromatic rings. The molecule has 1 aliphatic rings. The van der Waals surface area contributed by atoms with Crippen LogP contribution in [0.4, 0.5) is 0 Å². The number of nitrogens with one attached hydrogen (secondary N) is 1. The zero-order valence-corrected chi connectivity index (χ0v) is 11.1. The maximum absolute atomic E-state index is 5.40. The van der Waals surface area contributed by atoms with Crippen LogP contribution in [-0.2, 0) is 11.3 Å². The van der Waals surface area contributed by atoms with Gasteiger partial charge in [0.05, 0.1) is 6.61 Å². The Hall–Kier alpha value is -0.130. The Morgan fingerprint density at radius 3 is 2.73 bits per heavy atom. The summed E-state index contributed by atoms with van der Waals surface area (Å²) in [5, 5.41) is 3.57. The number of benzene rings is 1. The summed E-state index contributed by atoms with van der Waals surface area (Å²) in [5.41, 5.74) is 1.51. The highest BCUT2D eigenvalue weighted by Gasteiger charge is 2.28. The highest BCUT2D eigenvalue weighted by molar-refractivity contribution is 14.1. The van der Waals surface area contributed by atoms with Gasteiger partial charge in [-0.1, -0.05) is 12.1 Å². The van der Waals surface area contributed by atoms with E-state index in [0.29, 0.717) is 0 Å². The Morgan fingerprint density at radius 2 is 2.13 bits per heavy atom. The van der Waals surface area contributed by atoms with Gasteiger partial charge in [-0.3, -0.25) is 0 Å². The van der Waals surface area contributed by atoms with Gasteiger partial charge in [-0.25, -0.2) is 0 Å². The van der Waals surface area contributed by atoms with Crippen molar-refractivity contribution in [2.75, 3.05) is 13.2 Å². The van der Waals surface area contributed by atoms with Crippen LogP contribution in [0.25, 0.3) is 0 Å². The summed E-state index contributed by atoms with van der Waals surface area (Å²) in [7, 11) is 0. The fourth-order valence-corrected chi connectivity index (χ4v) is 2.08. The molecule has 15 heavy (non-hydrogen) atoms. The van der Waals surface area contributed by atoms with Crippen molar-refractivity contribution in [1.29, 1.82) is 0 Å². The van der Waals surface area contributed by atoms with Crippen LogP contribution in [0.1, 0.15) is 18.9 Å². The van der Waals surface area contributed by atoms with E-state index in [4.69, 9.17) is 4.74 Å². The molecule has 1 saturated heterocycles. The Morgan fingerprint density at radius 1 is 1.40 bits per heavy atom. The lowest BCUT2D eigenvalue weighted by molar-refractivity contribution is 0.171. The van der Waals surface area contributed by atoms with Crippen LogP contribution in [0, 0.1) is 3.57 Å². The average molecular weight is 317 g/mol. The Balaban J connectivity index is 1.90. The molecule has 1 aromatic carbocycles. The third-order valence-corrected chi connectivity index (χ3v) is 3.57. The van der Waals surface area contributed by atoms with Crippen molar-refractivity contribution in [2.45, 2.75) is 25.4 Å². The van der Waals surface area contributed by atoms with E-state index < -0.39 is 0 Å². The van der Waals surface area contributed by atoms with Gasteiger partial charge in [-0.15, -0.1) is 0 Å². The van der Waals surface area contributed by atoms with Gasteiger partial charge in [-0.2, -0.15) is 0 Å². The molecule has 1 heterocycles. The van der Waals surface area contributed by atoms with Crippen molar-refractivity contribution < 1.29 is 4.74 Å². The molecule has 1 aliphatic heterocycles. The number of ether oxygens (including phenoxy) is 1. The first kappa shape index (κ1) is 11.4. The molecule has 3 heteroatoms. The van der Waals surface area contributed by atoms with Crippen molar-refractivity contribution in [3.05, 3.63) is 33.4 Å². The van der Waals surface area contributed by atoms with Crippen LogP contribution in [0.2, 0.25) is 0 Å². The molecule has 0 radical (unpaired) electrons. The first-order chi connectivity index (χ1) is 7.18. The van der Waals surface area contributed by atoms with Crippen molar-refractivity contribution in [2.24, 2.45) is 0 Å². The maximum atomic E-state index is 5.40. The van der Waals surface area contributed by atoms with Gasteiger partial charge in [0.15, 0.2) is 0 Å². The molecule has 1 N–H and O–H groups in total. The van der Waals surface area contributed by atoms with E-state index in [2.05, 4.69) is 59.1 Å². The van der Waals surface area contributed by atoms with Gasteiger partial charge in [0.25, 0.3) is 0 Å². The monoisotopic (exact) mass is 317 g/mol. The van der Waals surface area contributed by atoms with Gasteiger partial charge in [0.2, 0.25) is 0 Å². The Bertz CT molecular complexity index is 317. The molecule has 2 nitrogen and oxygen atoms in total. The van der Waals surface area contributed by atoms with Gasteiger partial charge < -0.3 is 10.1 Å². The summed E-state index contributed by atoms with van der Waals surface area (Å²) in [6.07, 6.45) is 1.11. The van der Waals surface area contributed by atoms with Crippen LogP contribution in [0.5, 0.6) is 0 Å². The van der Waals surface area contributed by atoms with Crippen molar-refractivity contribution >= 4 is 22.6 Å². The van der Waals surface area contributed by atoms with E-state index >= 15 is 0 Å². The first-order valence-corrected chi connectivity index (χ1v) is 6.33. The summed E-state index contributed by atoms with van der Waals surface area (Å²) < 4.78 is 6.69. The highest BCUT2D eigenvalue weighted by atomic mass is 127. The topological polar surface area (TPSA) is 21.3 Å². The standard InChI is InChI=1S/C12H16INO/c1-12(6-7-15-9-12)14-8-10-2-4-11(13)5-3-10/h2-5,14H,6-9H2,1H3. The molecular formula is C12H16INO. The number of hydrogen-bond donors (Lipinski definition) is 1. The molecule has 1 unspecified atom stereocenters. The average Bonchev–Trinajstić information content (AvgIpc) is 2.65. The SMILES string of the molecule is CC1(NCc2ccc(I)cc2)CCOC1. The molecule has 2 rings (SSSR count). The van der Waals surface area contributed by atoms with Crippen LogP contribution >= 0.6 is 22.6 Å². The largest absolute Gasteiger partial charge is 0.379 e. The normalized spacial score (nSPS) is 25.7. The summed E-state index contributed by atoms with van der Waals surface area (Å²) in [6.45, 7) is 4.87. The third-order valence-electron chi connectivity index (χ3n) is 2.85. The summed E-state index contributed by atoms with van der Waals surface area (Å²) in [4.78, 5) is 0. The predicted molar refractivity (Wildman–Crippen MR) is 69.8 cm³/mol. The molecule has 82 valence electrons. The summed E-state index contributed by atoms with van der Waals surface area (Å²) in [6, 6.07) is 8.64. The lowest BCUT2D eigenvalue weighted by Gasteiger charge is -2.23. The van der Waals surface area contributed by atoms with E-state index in [1.807, 2.05) is 0 Å². The molecule has 0 saturated carbocycles. The predicted octanol–water partition coefficient (Wildman–Crippen LogP) is 2.56. The van der Waals surface area contributed by atoms with Gasteiger partial charge in [-0.05, 0) is 53.6 Å². The molecule has 0 aromatic heterocycles. The first-order valence-electron chi connectivity index (χ1n) is 5.25. The molecule has 0 bridgehead atoms. The van der Waals surface area contributed by atoms with Gasteiger partial charge >= 0.3 is 0 Å². The quantitative estimate of drug-likeness (QED) is 0.865. The fourth-order valence-electron chi connectivity index (χ4n) is 1.72. The molecule has 0 aliphatic carbocycles. The second-order valence-electron chi connectivity index (χ2n) is 4.34. The van der Waals surface area contributed by atoms with E-state index in [-0.39, 0.29) is 5.54 Å². The molecule has 0 amide bonds. The number of rotatable bonds is 3. The minimum atomic E-state index is 0.170. The maximum Gasteiger partial charge on any atom is 0.0646 e. The molecule has 0 spiro atoms. The third kappa shape index (κ3) is 3.16. The highest BCUT2D eigenvalue weighted by Crippen LogP contribution is 2.18. The zero-order valence-electron chi connectivity index (χ0n) is 8.92. The van der Waals surface area contributed by atoms with Crippen LogP contribution in [0.3, 0.4) is 0 Å². The van der Waals surface area contributed by atoms with Crippen LogP contribution < -0.4 is 5.32 Å². The second kappa shape index (κ2) is 4.80.